The predicted molar refractivity (Wildman–Crippen MR) is 81.9 cm³/mol. The van der Waals surface area contributed by atoms with Gasteiger partial charge in [0.15, 0.2) is 0 Å². The summed E-state index contributed by atoms with van der Waals surface area (Å²) in [6.07, 6.45) is 1.17. The SMILES string of the molecule is CCCNCC(=O)NC(C)c1cccc(OC(C)C)c1. The molecule has 1 amide bonds. The van der Waals surface area contributed by atoms with E-state index >= 15 is 0 Å². The van der Waals surface area contributed by atoms with Gasteiger partial charge in [-0.25, -0.2) is 0 Å². The second kappa shape index (κ2) is 8.59. The van der Waals surface area contributed by atoms with Crippen LogP contribution in [0.25, 0.3) is 0 Å². The Morgan fingerprint density at radius 2 is 2.05 bits per heavy atom. The normalized spacial score (nSPS) is 12.2. The fourth-order valence-corrected chi connectivity index (χ4v) is 1.88. The molecule has 1 aromatic carbocycles. The van der Waals surface area contributed by atoms with Gasteiger partial charge in [0, 0.05) is 0 Å². The van der Waals surface area contributed by atoms with E-state index in [2.05, 4.69) is 17.6 Å². The van der Waals surface area contributed by atoms with Gasteiger partial charge in [0.05, 0.1) is 18.7 Å². The first kappa shape index (κ1) is 16.5. The van der Waals surface area contributed by atoms with Gasteiger partial charge < -0.3 is 15.4 Å². The molecule has 112 valence electrons. The van der Waals surface area contributed by atoms with Crippen LogP contribution in [0.2, 0.25) is 0 Å². The van der Waals surface area contributed by atoms with Crippen LogP contribution in [0.4, 0.5) is 0 Å². The number of carbonyl (C=O) groups excluding carboxylic acids is 1. The van der Waals surface area contributed by atoms with E-state index < -0.39 is 0 Å². The summed E-state index contributed by atoms with van der Waals surface area (Å²) in [5.74, 6) is 0.851. The van der Waals surface area contributed by atoms with E-state index in [0.717, 1.165) is 24.3 Å². The molecule has 0 aromatic heterocycles. The summed E-state index contributed by atoms with van der Waals surface area (Å²) in [6.45, 7) is 9.27. The number of nitrogens with one attached hydrogen (secondary N) is 2. The van der Waals surface area contributed by atoms with Crippen LogP contribution in [0.15, 0.2) is 24.3 Å². The van der Waals surface area contributed by atoms with Gasteiger partial charge in [-0.1, -0.05) is 19.1 Å². The van der Waals surface area contributed by atoms with Gasteiger partial charge in [0.25, 0.3) is 0 Å². The molecule has 4 heteroatoms. The minimum Gasteiger partial charge on any atom is -0.491 e. The van der Waals surface area contributed by atoms with E-state index in [-0.39, 0.29) is 18.1 Å². The zero-order valence-electron chi connectivity index (χ0n) is 12.9. The van der Waals surface area contributed by atoms with Gasteiger partial charge in [-0.2, -0.15) is 0 Å². The van der Waals surface area contributed by atoms with Crippen molar-refractivity contribution in [1.29, 1.82) is 0 Å². The molecule has 0 heterocycles. The van der Waals surface area contributed by atoms with Crippen molar-refractivity contribution in [2.75, 3.05) is 13.1 Å². The van der Waals surface area contributed by atoms with Crippen LogP contribution < -0.4 is 15.4 Å². The van der Waals surface area contributed by atoms with Gasteiger partial charge in [-0.15, -0.1) is 0 Å². The number of ether oxygens (including phenoxy) is 1. The van der Waals surface area contributed by atoms with E-state index in [0.29, 0.717) is 6.54 Å². The van der Waals surface area contributed by atoms with Crippen LogP contribution in [0, 0.1) is 0 Å². The van der Waals surface area contributed by atoms with Crippen molar-refractivity contribution in [3.8, 4) is 5.75 Å². The van der Waals surface area contributed by atoms with Crippen LogP contribution in [-0.2, 0) is 4.79 Å². The Morgan fingerprint density at radius 3 is 2.70 bits per heavy atom. The highest BCUT2D eigenvalue weighted by atomic mass is 16.5. The first-order chi connectivity index (χ1) is 9.52. The van der Waals surface area contributed by atoms with E-state index in [1.54, 1.807) is 0 Å². The second-order valence-electron chi connectivity index (χ2n) is 5.21. The van der Waals surface area contributed by atoms with Crippen molar-refractivity contribution >= 4 is 5.91 Å². The average molecular weight is 278 g/mol. The van der Waals surface area contributed by atoms with Crippen LogP contribution >= 0.6 is 0 Å². The monoisotopic (exact) mass is 278 g/mol. The summed E-state index contributed by atoms with van der Waals surface area (Å²) in [4.78, 5) is 11.8. The third-order valence-corrected chi connectivity index (χ3v) is 2.82. The summed E-state index contributed by atoms with van der Waals surface area (Å²) in [5.41, 5.74) is 1.05. The van der Waals surface area contributed by atoms with Crippen molar-refractivity contribution in [2.45, 2.75) is 46.3 Å². The standard InChI is InChI=1S/C16H26N2O2/c1-5-9-17-11-16(19)18-13(4)14-7-6-8-15(10-14)20-12(2)3/h6-8,10,12-13,17H,5,9,11H2,1-4H3,(H,18,19). The van der Waals surface area contributed by atoms with Crippen molar-refractivity contribution in [3.63, 3.8) is 0 Å². The van der Waals surface area contributed by atoms with Crippen molar-refractivity contribution in [2.24, 2.45) is 0 Å². The molecule has 0 fully saturated rings. The molecular weight excluding hydrogens is 252 g/mol. The molecule has 0 spiro atoms. The molecule has 2 N–H and O–H groups in total. The third kappa shape index (κ3) is 6.06. The Kier molecular flexibility index (Phi) is 7.09. The van der Waals surface area contributed by atoms with Gasteiger partial charge >= 0.3 is 0 Å². The molecule has 0 bridgehead atoms. The Bertz CT molecular complexity index is 419. The first-order valence-electron chi connectivity index (χ1n) is 7.29. The topological polar surface area (TPSA) is 50.4 Å². The van der Waals surface area contributed by atoms with Crippen LogP contribution in [0.3, 0.4) is 0 Å². The van der Waals surface area contributed by atoms with Gasteiger partial charge in [-0.3, -0.25) is 4.79 Å². The third-order valence-electron chi connectivity index (χ3n) is 2.82. The molecule has 4 nitrogen and oxygen atoms in total. The second-order valence-corrected chi connectivity index (χ2v) is 5.21. The van der Waals surface area contributed by atoms with Crippen molar-refractivity contribution < 1.29 is 9.53 Å². The highest BCUT2D eigenvalue weighted by Gasteiger charge is 2.10. The molecule has 1 aromatic rings. The van der Waals surface area contributed by atoms with Crippen LogP contribution in [0.5, 0.6) is 5.75 Å². The van der Waals surface area contributed by atoms with Crippen LogP contribution in [0.1, 0.15) is 45.7 Å². The quantitative estimate of drug-likeness (QED) is 0.719. The first-order valence-corrected chi connectivity index (χ1v) is 7.29. The minimum atomic E-state index is -0.0263. The number of rotatable bonds is 8. The number of hydrogen-bond donors (Lipinski definition) is 2. The molecule has 0 saturated carbocycles. The zero-order chi connectivity index (χ0) is 15.0. The van der Waals surface area contributed by atoms with Gasteiger partial charge in [0.1, 0.15) is 5.75 Å². The van der Waals surface area contributed by atoms with Crippen LogP contribution in [-0.4, -0.2) is 25.1 Å². The fourth-order valence-electron chi connectivity index (χ4n) is 1.88. The molecule has 1 unspecified atom stereocenters. The van der Waals surface area contributed by atoms with E-state index in [1.165, 1.54) is 0 Å². The van der Waals surface area contributed by atoms with Crippen molar-refractivity contribution in [3.05, 3.63) is 29.8 Å². The lowest BCUT2D eigenvalue weighted by atomic mass is 10.1. The molecule has 0 radical (unpaired) electrons. The lowest BCUT2D eigenvalue weighted by molar-refractivity contribution is -0.120. The molecular formula is C16H26N2O2. The van der Waals surface area contributed by atoms with E-state index in [1.807, 2.05) is 45.0 Å². The molecule has 1 atom stereocenters. The van der Waals surface area contributed by atoms with Crippen molar-refractivity contribution in [1.82, 2.24) is 10.6 Å². The highest BCUT2D eigenvalue weighted by Crippen LogP contribution is 2.19. The number of benzene rings is 1. The minimum absolute atomic E-state index is 0.0149. The smallest absolute Gasteiger partial charge is 0.234 e. The summed E-state index contributed by atoms with van der Waals surface area (Å²) in [5, 5.41) is 6.07. The summed E-state index contributed by atoms with van der Waals surface area (Å²) < 4.78 is 5.66. The molecule has 0 saturated heterocycles. The Morgan fingerprint density at radius 1 is 1.30 bits per heavy atom. The van der Waals surface area contributed by atoms with E-state index in [9.17, 15) is 4.79 Å². The number of hydrogen-bond acceptors (Lipinski definition) is 3. The fraction of sp³-hybridized carbons (Fsp3) is 0.562. The largest absolute Gasteiger partial charge is 0.491 e. The maximum absolute atomic E-state index is 11.8. The Labute approximate surface area is 121 Å². The molecule has 20 heavy (non-hydrogen) atoms. The van der Waals surface area contributed by atoms with E-state index in [4.69, 9.17) is 4.74 Å². The maximum atomic E-state index is 11.8. The van der Waals surface area contributed by atoms with Gasteiger partial charge in [0.2, 0.25) is 5.91 Å². The lowest BCUT2D eigenvalue weighted by Crippen LogP contribution is -2.35. The molecule has 0 aliphatic carbocycles. The van der Waals surface area contributed by atoms with Gasteiger partial charge in [-0.05, 0) is 51.4 Å². The Hall–Kier alpha value is -1.55. The molecule has 1 rings (SSSR count). The lowest BCUT2D eigenvalue weighted by Gasteiger charge is -2.16. The Balaban J connectivity index is 2.54. The number of carbonyl (C=O) groups is 1. The predicted octanol–water partition coefficient (Wildman–Crippen LogP) is 2.65. The summed E-state index contributed by atoms with van der Waals surface area (Å²) in [6, 6.07) is 7.83. The average Bonchev–Trinajstić information content (AvgIpc) is 2.38. The maximum Gasteiger partial charge on any atom is 0.234 e. The summed E-state index contributed by atoms with van der Waals surface area (Å²) >= 11 is 0. The zero-order valence-corrected chi connectivity index (χ0v) is 12.9. The summed E-state index contributed by atoms with van der Waals surface area (Å²) in [7, 11) is 0. The highest BCUT2D eigenvalue weighted by molar-refractivity contribution is 5.78. The molecule has 0 aliphatic heterocycles. The molecule has 0 aliphatic rings. The number of amides is 1.